The molecule has 0 aliphatic rings. The maximum Gasteiger partial charge on any atom is -0.00962 e. The van der Waals surface area contributed by atoms with Crippen LogP contribution in [0.4, 0.5) is 0 Å². The standard InChI is InChI=1S/C21H18/c1-14(2)19-13-17-9-5-6-10-18(17)20-11-15-7-3-4-8-16(15)12-21(19)20/h3-14H,1-2H3. The Kier molecular flexibility index (Phi) is 2.71. The summed E-state index contributed by atoms with van der Waals surface area (Å²) >= 11 is 0. The summed E-state index contributed by atoms with van der Waals surface area (Å²) in [5, 5.41) is 8.09. The SMILES string of the molecule is CC(C)c1cc2ccccc2c2cc3ccccc3cc12. The van der Waals surface area contributed by atoms with E-state index in [1.54, 1.807) is 0 Å². The Bertz CT molecular complexity index is 961. The van der Waals surface area contributed by atoms with Crippen LogP contribution >= 0.6 is 0 Å². The minimum absolute atomic E-state index is 0.526. The van der Waals surface area contributed by atoms with Gasteiger partial charge in [-0.15, -0.1) is 0 Å². The minimum Gasteiger partial charge on any atom is -0.0616 e. The van der Waals surface area contributed by atoms with Gasteiger partial charge in [0.05, 0.1) is 0 Å². The lowest BCUT2D eigenvalue weighted by Crippen LogP contribution is -1.91. The first-order chi connectivity index (χ1) is 10.2. The van der Waals surface area contributed by atoms with Crippen molar-refractivity contribution in [3.8, 4) is 0 Å². The highest BCUT2D eigenvalue weighted by molar-refractivity contribution is 6.13. The van der Waals surface area contributed by atoms with Gasteiger partial charge in [-0.2, -0.15) is 0 Å². The maximum absolute atomic E-state index is 2.36. The van der Waals surface area contributed by atoms with Crippen molar-refractivity contribution in [1.82, 2.24) is 0 Å². The first-order valence-electron chi connectivity index (χ1n) is 7.58. The van der Waals surface area contributed by atoms with Gasteiger partial charge in [-0.25, -0.2) is 0 Å². The molecule has 0 spiro atoms. The van der Waals surface area contributed by atoms with Crippen LogP contribution < -0.4 is 0 Å². The van der Waals surface area contributed by atoms with Crippen LogP contribution in [0.5, 0.6) is 0 Å². The molecule has 102 valence electrons. The molecule has 0 aliphatic heterocycles. The Balaban J connectivity index is 2.27. The van der Waals surface area contributed by atoms with Gasteiger partial charge in [0.25, 0.3) is 0 Å². The molecular formula is C21H18. The maximum atomic E-state index is 2.36. The van der Waals surface area contributed by atoms with E-state index >= 15 is 0 Å². The second kappa shape index (κ2) is 4.60. The molecule has 21 heavy (non-hydrogen) atoms. The molecule has 4 aromatic carbocycles. The van der Waals surface area contributed by atoms with Crippen molar-refractivity contribution in [1.29, 1.82) is 0 Å². The minimum atomic E-state index is 0.526. The molecule has 0 fully saturated rings. The van der Waals surface area contributed by atoms with E-state index in [1.165, 1.54) is 37.9 Å². The molecule has 0 unspecified atom stereocenters. The van der Waals surface area contributed by atoms with Crippen molar-refractivity contribution in [2.24, 2.45) is 0 Å². The lowest BCUT2D eigenvalue weighted by Gasteiger charge is -2.14. The molecule has 0 bridgehead atoms. The van der Waals surface area contributed by atoms with E-state index in [9.17, 15) is 0 Å². The van der Waals surface area contributed by atoms with Crippen LogP contribution in [0.1, 0.15) is 25.3 Å². The normalized spacial score (nSPS) is 11.8. The highest BCUT2D eigenvalue weighted by Crippen LogP contribution is 2.35. The number of rotatable bonds is 1. The quantitative estimate of drug-likeness (QED) is 0.282. The Morgan fingerprint density at radius 3 is 1.81 bits per heavy atom. The zero-order valence-electron chi connectivity index (χ0n) is 12.4. The fourth-order valence-corrected chi connectivity index (χ4v) is 3.29. The fraction of sp³-hybridized carbons (Fsp3) is 0.143. The zero-order valence-corrected chi connectivity index (χ0v) is 12.4. The van der Waals surface area contributed by atoms with Gasteiger partial charge < -0.3 is 0 Å². The van der Waals surface area contributed by atoms with Gasteiger partial charge in [-0.3, -0.25) is 0 Å². The van der Waals surface area contributed by atoms with Crippen LogP contribution in [0, 0.1) is 0 Å². The monoisotopic (exact) mass is 270 g/mol. The van der Waals surface area contributed by atoms with E-state index in [2.05, 4.69) is 80.6 Å². The molecule has 4 aromatic rings. The smallest absolute Gasteiger partial charge is 0.00962 e. The Morgan fingerprint density at radius 2 is 1.14 bits per heavy atom. The molecular weight excluding hydrogens is 252 g/mol. The Morgan fingerprint density at radius 1 is 0.571 bits per heavy atom. The molecule has 0 aliphatic carbocycles. The first kappa shape index (κ1) is 12.4. The van der Waals surface area contributed by atoms with Crippen LogP contribution in [0.3, 0.4) is 0 Å². The van der Waals surface area contributed by atoms with Crippen molar-refractivity contribution in [2.45, 2.75) is 19.8 Å². The average Bonchev–Trinajstić information content (AvgIpc) is 2.52. The molecule has 0 nitrogen and oxygen atoms in total. The predicted octanol–water partition coefficient (Wildman–Crippen LogP) is 6.27. The summed E-state index contributed by atoms with van der Waals surface area (Å²) in [4.78, 5) is 0. The second-order valence-corrected chi connectivity index (χ2v) is 6.09. The van der Waals surface area contributed by atoms with Crippen LogP contribution in [0.2, 0.25) is 0 Å². The fourth-order valence-electron chi connectivity index (χ4n) is 3.29. The number of hydrogen-bond donors (Lipinski definition) is 0. The third kappa shape index (κ3) is 1.91. The van der Waals surface area contributed by atoms with E-state index in [1.807, 2.05) is 0 Å². The molecule has 0 amide bonds. The van der Waals surface area contributed by atoms with E-state index < -0.39 is 0 Å². The summed E-state index contributed by atoms with van der Waals surface area (Å²) in [5.74, 6) is 0.526. The number of benzene rings is 4. The van der Waals surface area contributed by atoms with E-state index in [0.717, 1.165) is 0 Å². The number of fused-ring (bicyclic) bond motifs is 4. The van der Waals surface area contributed by atoms with Crippen molar-refractivity contribution in [3.63, 3.8) is 0 Å². The summed E-state index contributed by atoms with van der Waals surface area (Å²) in [6, 6.07) is 24.4. The summed E-state index contributed by atoms with van der Waals surface area (Å²) < 4.78 is 0. The van der Waals surface area contributed by atoms with Crippen molar-refractivity contribution < 1.29 is 0 Å². The van der Waals surface area contributed by atoms with E-state index in [0.29, 0.717) is 5.92 Å². The van der Waals surface area contributed by atoms with Crippen LogP contribution in [-0.2, 0) is 0 Å². The highest BCUT2D eigenvalue weighted by atomic mass is 14.1. The lowest BCUT2D eigenvalue weighted by molar-refractivity contribution is 0.878. The molecule has 0 saturated heterocycles. The topological polar surface area (TPSA) is 0 Å². The third-order valence-electron chi connectivity index (χ3n) is 4.38. The van der Waals surface area contributed by atoms with Gasteiger partial charge in [0, 0.05) is 0 Å². The van der Waals surface area contributed by atoms with Gasteiger partial charge in [0.15, 0.2) is 0 Å². The molecule has 0 saturated carbocycles. The van der Waals surface area contributed by atoms with E-state index in [-0.39, 0.29) is 0 Å². The largest absolute Gasteiger partial charge is 0.0616 e. The highest BCUT2D eigenvalue weighted by Gasteiger charge is 2.10. The summed E-state index contributed by atoms with van der Waals surface area (Å²) in [5.41, 5.74) is 1.44. The molecule has 0 heterocycles. The Hall–Kier alpha value is -2.34. The molecule has 0 atom stereocenters. The first-order valence-corrected chi connectivity index (χ1v) is 7.58. The lowest BCUT2D eigenvalue weighted by atomic mass is 9.90. The summed E-state index contributed by atoms with van der Waals surface area (Å²) in [6.07, 6.45) is 0. The van der Waals surface area contributed by atoms with Crippen LogP contribution in [-0.4, -0.2) is 0 Å². The van der Waals surface area contributed by atoms with Gasteiger partial charge in [0.2, 0.25) is 0 Å². The van der Waals surface area contributed by atoms with Crippen molar-refractivity contribution in [2.75, 3.05) is 0 Å². The predicted molar refractivity (Wildman–Crippen MR) is 93.0 cm³/mol. The third-order valence-corrected chi connectivity index (χ3v) is 4.38. The molecule has 0 aromatic heterocycles. The summed E-state index contributed by atoms with van der Waals surface area (Å²) in [7, 11) is 0. The molecule has 0 N–H and O–H groups in total. The molecule has 4 rings (SSSR count). The van der Waals surface area contributed by atoms with Gasteiger partial charge >= 0.3 is 0 Å². The van der Waals surface area contributed by atoms with Crippen molar-refractivity contribution >= 4 is 32.3 Å². The van der Waals surface area contributed by atoms with Gasteiger partial charge in [-0.1, -0.05) is 68.4 Å². The van der Waals surface area contributed by atoms with Gasteiger partial charge in [-0.05, 0) is 55.9 Å². The average molecular weight is 270 g/mol. The number of hydrogen-bond acceptors (Lipinski definition) is 0. The second-order valence-electron chi connectivity index (χ2n) is 6.09. The summed E-state index contributed by atoms with van der Waals surface area (Å²) in [6.45, 7) is 4.55. The van der Waals surface area contributed by atoms with Crippen molar-refractivity contribution in [3.05, 3.63) is 72.3 Å². The van der Waals surface area contributed by atoms with Crippen LogP contribution in [0.15, 0.2) is 66.7 Å². The van der Waals surface area contributed by atoms with E-state index in [4.69, 9.17) is 0 Å². The molecule has 0 radical (unpaired) electrons. The molecule has 0 heteroatoms. The zero-order chi connectivity index (χ0) is 14.4. The van der Waals surface area contributed by atoms with Crippen LogP contribution in [0.25, 0.3) is 32.3 Å². The Labute approximate surface area is 125 Å². The van der Waals surface area contributed by atoms with Gasteiger partial charge in [0.1, 0.15) is 0 Å².